The minimum absolute atomic E-state index is 0.113. The number of hydrogen-bond donors (Lipinski definition) is 3. The Balaban J connectivity index is 1.27. The number of nitrogens with one attached hydrogen (secondary N) is 3. The van der Waals surface area contributed by atoms with E-state index in [4.69, 9.17) is 0 Å². The van der Waals surface area contributed by atoms with E-state index in [9.17, 15) is 9.59 Å². The van der Waals surface area contributed by atoms with E-state index in [0.29, 0.717) is 5.56 Å². The molecule has 5 rings (SSSR count). The first kappa shape index (κ1) is 21.9. The molecule has 0 spiro atoms. The van der Waals surface area contributed by atoms with Crippen LogP contribution >= 0.6 is 0 Å². The second kappa shape index (κ2) is 9.51. The number of H-pyrrole nitrogens is 1. The van der Waals surface area contributed by atoms with Gasteiger partial charge in [0.2, 0.25) is 5.91 Å². The lowest BCUT2D eigenvalue weighted by molar-refractivity contribution is -0.120. The van der Waals surface area contributed by atoms with Gasteiger partial charge in [-0.2, -0.15) is 0 Å². The van der Waals surface area contributed by atoms with Crippen molar-refractivity contribution in [1.29, 1.82) is 0 Å². The summed E-state index contributed by atoms with van der Waals surface area (Å²) >= 11 is 0. The molecular weight excluding hydrogens is 424 g/mol. The van der Waals surface area contributed by atoms with Crippen molar-refractivity contribution >= 4 is 34.2 Å². The standard InChI is InChI=1S/C28H28N4O2/c1-18-7-9-21(10-8-18)28(34)29-22-13-11-19(12-14-22)26-31-24-16-15-23(17-25(24)32-26)30-27(33)20-5-3-2-4-6-20/h7-17,20H,2-6H2,1H3,(H,29,34)(H,30,33)(H,31,32). The molecule has 3 aromatic carbocycles. The van der Waals surface area contributed by atoms with Crippen molar-refractivity contribution < 1.29 is 9.59 Å². The second-order valence-electron chi connectivity index (χ2n) is 9.04. The van der Waals surface area contributed by atoms with Gasteiger partial charge in [0.1, 0.15) is 5.82 Å². The van der Waals surface area contributed by atoms with E-state index in [1.807, 2.05) is 73.7 Å². The minimum Gasteiger partial charge on any atom is -0.338 e. The monoisotopic (exact) mass is 452 g/mol. The zero-order valence-electron chi connectivity index (χ0n) is 19.2. The maximum absolute atomic E-state index is 12.6. The second-order valence-corrected chi connectivity index (χ2v) is 9.04. The molecule has 2 amide bonds. The SMILES string of the molecule is Cc1ccc(C(=O)Nc2ccc(-c3nc4ccc(NC(=O)C5CCCCC5)cc4[nH]3)cc2)cc1. The lowest BCUT2D eigenvalue weighted by Gasteiger charge is -2.20. The molecule has 6 heteroatoms. The van der Waals surface area contributed by atoms with Gasteiger partial charge in [-0.15, -0.1) is 0 Å². The molecule has 3 N–H and O–H groups in total. The van der Waals surface area contributed by atoms with Crippen LogP contribution < -0.4 is 10.6 Å². The molecule has 0 radical (unpaired) electrons. The van der Waals surface area contributed by atoms with Crippen molar-refractivity contribution in [2.75, 3.05) is 10.6 Å². The number of carbonyl (C=O) groups excluding carboxylic acids is 2. The molecule has 1 heterocycles. The number of imidazole rings is 1. The smallest absolute Gasteiger partial charge is 0.255 e. The predicted octanol–water partition coefficient (Wildman–Crippen LogP) is 6.31. The zero-order chi connectivity index (χ0) is 23.5. The van der Waals surface area contributed by atoms with E-state index in [0.717, 1.165) is 65.0 Å². The highest BCUT2D eigenvalue weighted by atomic mass is 16.2. The van der Waals surface area contributed by atoms with Gasteiger partial charge < -0.3 is 15.6 Å². The van der Waals surface area contributed by atoms with Crippen molar-refractivity contribution in [3.8, 4) is 11.4 Å². The topological polar surface area (TPSA) is 86.9 Å². The number of aryl methyl sites for hydroxylation is 1. The van der Waals surface area contributed by atoms with Gasteiger partial charge in [0.05, 0.1) is 11.0 Å². The molecule has 0 bridgehead atoms. The highest BCUT2D eigenvalue weighted by Crippen LogP contribution is 2.27. The van der Waals surface area contributed by atoms with Crippen molar-refractivity contribution in [2.24, 2.45) is 5.92 Å². The van der Waals surface area contributed by atoms with Crippen LogP contribution in [0.25, 0.3) is 22.4 Å². The number of carbonyl (C=O) groups is 2. The van der Waals surface area contributed by atoms with Crippen LogP contribution in [0, 0.1) is 12.8 Å². The third-order valence-electron chi connectivity index (χ3n) is 6.46. The maximum atomic E-state index is 12.6. The Morgan fingerprint density at radius 1 is 0.853 bits per heavy atom. The average molecular weight is 453 g/mol. The van der Waals surface area contributed by atoms with E-state index in [2.05, 4.69) is 20.6 Å². The summed E-state index contributed by atoms with van der Waals surface area (Å²) < 4.78 is 0. The molecule has 1 fully saturated rings. The van der Waals surface area contributed by atoms with E-state index in [-0.39, 0.29) is 17.7 Å². The van der Waals surface area contributed by atoms with Crippen LogP contribution in [-0.4, -0.2) is 21.8 Å². The number of fused-ring (bicyclic) bond motifs is 1. The highest BCUT2D eigenvalue weighted by Gasteiger charge is 2.21. The summed E-state index contributed by atoms with van der Waals surface area (Å²) in [6.07, 6.45) is 5.45. The van der Waals surface area contributed by atoms with Crippen LogP contribution in [-0.2, 0) is 4.79 Å². The van der Waals surface area contributed by atoms with E-state index < -0.39 is 0 Å². The zero-order valence-corrected chi connectivity index (χ0v) is 19.2. The summed E-state index contributed by atoms with van der Waals surface area (Å²) in [5.74, 6) is 0.829. The highest BCUT2D eigenvalue weighted by molar-refractivity contribution is 6.04. The summed E-state index contributed by atoms with van der Waals surface area (Å²) in [7, 11) is 0. The van der Waals surface area contributed by atoms with Gasteiger partial charge in [-0.25, -0.2) is 4.98 Å². The van der Waals surface area contributed by atoms with Crippen molar-refractivity contribution in [3.63, 3.8) is 0 Å². The van der Waals surface area contributed by atoms with E-state index in [1.54, 1.807) is 0 Å². The van der Waals surface area contributed by atoms with Gasteiger partial charge in [0.15, 0.2) is 0 Å². The molecule has 0 aliphatic heterocycles. The molecule has 34 heavy (non-hydrogen) atoms. The molecule has 0 unspecified atom stereocenters. The van der Waals surface area contributed by atoms with Gasteiger partial charge in [-0.3, -0.25) is 9.59 Å². The van der Waals surface area contributed by atoms with Gasteiger partial charge in [-0.1, -0.05) is 37.0 Å². The summed E-state index contributed by atoms with van der Waals surface area (Å²) in [5.41, 5.74) is 5.86. The molecule has 1 aliphatic rings. The molecule has 0 atom stereocenters. The predicted molar refractivity (Wildman–Crippen MR) is 136 cm³/mol. The maximum Gasteiger partial charge on any atom is 0.255 e. The first-order valence-electron chi connectivity index (χ1n) is 11.8. The van der Waals surface area contributed by atoms with Crippen LogP contribution in [0.1, 0.15) is 48.0 Å². The van der Waals surface area contributed by atoms with E-state index >= 15 is 0 Å². The molecular formula is C28H28N4O2. The lowest BCUT2D eigenvalue weighted by Crippen LogP contribution is -2.24. The lowest BCUT2D eigenvalue weighted by atomic mass is 9.88. The summed E-state index contributed by atoms with van der Waals surface area (Å²) in [4.78, 5) is 33.1. The Labute approximate surface area is 198 Å². The van der Waals surface area contributed by atoms with Crippen LogP contribution in [0.5, 0.6) is 0 Å². The summed E-state index contributed by atoms with van der Waals surface area (Å²) in [5, 5.41) is 5.99. The van der Waals surface area contributed by atoms with Gasteiger partial charge >= 0.3 is 0 Å². The average Bonchev–Trinajstić information content (AvgIpc) is 3.29. The fourth-order valence-corrected chi connectivity index (χ4v) is 4.45. The molecule has 0 saturated heterocycles. The molecule has 1 aromatic heterocycles. The number of benzene rings is 3. The third kappa shape index (κ3) is 4.86. The molecule has 1 saturated carbocycles. The summed E-state index contributed by atoms with van der Waals surface area (Å²) in [6.45, 7) is 1.99. The van der Waals surface area contributed by atoms with Crippen molar-refractivity contribution in [3.05, 3.63) is 77.9 Å². The molecule has 4 aromatic rings. The third-order valence-corrected chi connectivity index (χ3v) is 6.46. The van der Waals surface area contributed by atoms with Crippen LogP contribution in [0.3, 0.4) is 0 Å². The largest absolute Gasteiger partial charge is 0.338 e. The Morgan fingerprint density at radius 3 is 2.29 bits per heavy atom. The van der Waals surface area contributed by atoms with Crippen LogP contribution in [0.4, 0.5) is 11.4 Å². The van der Waals surface area contributed by atoms with Crippen molar-refractivity contribution in [1.82, 2.24) is 9.97 Å². The van der Waals surface area contributed by atoms with Gasteiger partial charge in [0.25, 0.3) is 5.91 Å². The van der Waals surface area contributed by atoms with Crippen LogP contribution in [0.2, 0.25) is 0 Å². The minimum atomic E-state index is -0.140. The van der Waals surface area contributed by atoms with Gasteiger partial charge in [-0.05, 0) is 74.4 Å². The Hall–Kier alpha value is -3.93. The number of anilines is 2. The number of aromatic amines is 1. The quantitative estimate of drug-likeness (QED) is 0.332. The molecule has 6 nitrogen and oxygen atoms in total. The Morgan fingerprint density at radius 2 is 1.56 bits per heavy atom. The number of nitrogens with zero attached hydrogens (tertiary/aromatic N) is 1. The number of aromatic nitrogens is 2. The normalized spacial score (nSPS) is 14.1. The molecule has 172 valence electrons. The van der Waals surface area contributed by atoms with Crippen LogP contribution in [0.15, 0.2) is 66.7 Å². The van der Waals surface area contributed by atoms with E-state index in [1.165, 1.54) is 6.42 Å². The van der Waals surface area contributed by atoms with Gasteiger partial charge in [0, 0.05) is 28.4 Å². The number of hydrogen-bond acceptors (Lipinski definition) is 3. The van der Waals surface area contributed by atoms with Crippen molar-refractivity contribution in [2.45, 2.75) is 39.0 Å². The summed E-state index contributed by atoms with van der Waals surface area (Å²) in [6, 6.07) is 20.8. The Kier molecular flexibility index (Phi) is 6.12. The fourth-order valence-electron chi connectivity index (χ4n) is 4.45. The Bertz CT molecular complexity index is 1320. The number of amides is 2. The fraction of sp³-hybridized carbons (Fsp3) is 0.250. The number of rotatable bonds is 5. The first-order valence-corrected chi connectivity index (χ1v) is 11.8. The first-order chi connectivity index (χ1) is 16.5. The molecule has 1 aliphatic carbocycles.